The van der Waals surface area contributed by atoms with E-state index >= 15 is 0 Å². The van der Waals surface area contributed by atoms with Crippen LogP contribution in [0, 0.1) is 34.6 Å². The number of hydrogen-bond acceptors (Lipinski definition) is 2. The van der Waals surface area contributed by atoms with Crippen molar-refractivity contribution < 1.29 is 0 Å². The van der Waals surface area contributed by atoms with Gasteiger partial charge in [0, 0.05) is 18.1 Å². The van der Waals surface area contributed by atoms with Crippen molar-refractivity contribution in [2.75, 3.05) is 0 Å². The SMILES string of the molecule is CCn1ccc2c(C)nc3c(-c4c(C)cc(C)cc4C)c(C)nn3c21.Cl. The van der Waals surface area contributed by atoms with Gasteiger partial charge in [-0.3, -0.25) is 0 Å². The quantitative estimate of drug-likeness (QED) is 0.479. The lowest BCUT2D eigenvalue weighted by Crippen LogP contribution is -2.02. The molecule has 26 heavy (non-hydrogen) atoms. The van der Waals surface area contributed by atoms with E-state index in [1.165, 1.54) is 27.6 Å². The van der Waals surface area contributed by atoms with Crippen LogP contribution in [-0.4, -0.2) is 19.2 Å². The molecule has 136 valence electrons. The Bertz CT molecular complexity index is 1110. The minimum atomic E-state index is 0. The maximum atomic E-state index is 4.94. The Morgan fingerprint density at radius 1 is 0.923 bits per heavy atom. The summed E-state index contributed by atoms with van der Waals surface area (Å²) in [5, 5.41) is 6.04. The van der Waals surface area contributed by atoms with Crippen LogP contribution in [0.5, 0.6) is 0 Å². The van der Waals surface area contributed by atoms with Gasteiger partial charge in [0.2, 0.25) is 0 Å². The highest BCUT2D eigenvalue weighted by Crippen LogP contribution is 2.35. The van der Waals surface area contributed by atoms with E-state index in [-0.39, 0.29) is 12.4 Å². The fourth-order valence-electron chi connectivity index (χ4n) is 4.09. The first-order valence-corrected chi connectivity index (χ1v) is 8.85. The number of benzene rings is 1. The minimum Gasteiger partial charge on any atom is -0.333 e. The van der Waals surface area contributed by atoms with Crippen LogP contribution in [0.4, 0.5) is 0 Å². The molecule has 4 nitrogen and oxygen atoms in total. The molecule has 0 N–H and O–H groups in total. The molecular weight excluding hydrogens is 344 g/mol. The lowest BCUT2D eigenvalue weighted by Gasteiger charge is -2.11. The monoisotopic (exact) mass is 368 g/mol. The van der Waals surface area contributed by atoms with E-state index in [1.54, 1.807) is 0 Å². The second-order valence-electron chi connectivity index (χ2n) is 7.01. The second-order valence-corrected chi connectivity index (χ2v) is 7.01. The van der Waals surface area contributed by atoms with Crippen LogP contribution in [0.15, 0.2) is 24.4 Å². The molecule has 0 radical (unpaired) electrons. The number of rotatable bonds is 2. The van der Waals surface area contributed by atoms with Gasteiger partial charge >= 0.3 is 0 Å². The van der Waals surface area contributed by atoms with E-state index in [4.69, 9.17) is 10.1 Å². The van der Waals surface area contributed by atoms with E-state index < -0.39 is 0 Å². The minimum absolute atomic E-state index is 0. The van der Waals surface area contributed by atoms with Gasteiger partial charge in [-0.2, -0.15) is 9.61 Å². The molecule has 0 saturated heterocycles. The zero-order valence-electron chi connectivity index (χ0n) is 16.2. The van der Waals surface area contributed by atoms with E-state index in [9.17, 15) is 0 Å². The number of hydrogen-bond donors (Lipinski definition) is 0. The molecule has 5 heteroatoms. The van der Waals surface area contributed by atoms with Crippen molar-refractivity contribution in [3.8, 4) is 11.1 Å². The van der Waals surface area contributed by atoms with Gasteiger partial charge in [0.15, 0.2) is 5.65 Å². The molecule has 1 aromatic carbocycles. The molecule has 0 unspecified atom stereocenters. The number of aryl methyl sites for hydroxylation is 6. The van der Waals surface area contributed by atoms with Crippen molar-refractivity contribution in [2.24, 2.45) is 0 Å². The number of fused-ring (bicyclic) bond motifs is 3. The van der Waals surface area contributed by atoms with E-state index in [2.05, 4.69) is 70.5 Å². The molecule has 0 saturated carbocycles. The molecular formula is C21H25ClN4. The Balaban J connectivity index is 0.00000196. The van der Waals surface area contributed by atoms with Gasteiger partial charge in [-0.05, 0) is 64.3 Å². The zero-order chi connectivity index (χ0) is 17.9. The van der Waals surface area contributed by atoms with Crippen LogP contribution in [-0.2, 0) is 6.54 Å². The summed E-state index contributed by atoms with van der Waals surface area (Å²) in [6.45, 7) is 13.8. The van der Waals surface area contributed by atoms with Crippen molar-refractivity contribution >= 4 is 29.1 Å². The molecule has 0 bridgehead atoms. The van der Waals surface area contributed by atoms with Crippen molar-refractivity contribution in [1.29, 1.82) is 0 Å². The Morgan fingerprint density at radius 3 is 2.19 bits per heavy atom. The van der Waals surface area contributed by atoms with Crippen molar-refractivity contribution in [2.45, 2.75) is 48.1 Å². The van der Waals surface area contributed by atoms with E-state index in [0.717, 1.165) is 34.8 Å². The highest BCUT2D eigenvalue weighted by atomic mass is 35.5. The van der Waals surface area contributed by atoms with E-state index in [1.807, 2.05) is 4.52 Å². The fourth-order valence-corrected chi connectivity index (χ4v) is 4.09. The van der Waals surface area contributed by atoms with Crippen molar-refractivity contribution in [1.82, 2.24) is 19.2 Å². The van der Waals surface area contributed by atoms with Crippen LogP contribution in [0.3, 0.4) is 0 Å². The number of nitrogens with zero attached hydrogens (tertiary/aromatic N) is 4. The Hall–Kier alpha value is -2.33. The number of halogens is 1. The van der Waals surface area contributed by atoms with Crippen molar-refractivity contribution in [3.63, 3.8) is 0 Å². The first-order chi connectivity index (χ1) is 11.9. The smallest absolute Gasteiger partial charge is 0.165 e. The molecule has 3 heterocycles. The summed E-state index contributed by atoms with van der Waals surface area (Å²) in [5.74, 6) is 0. The molecule has 4 rings (SSSR count). The first-order valence-electron chi connectivity index (χ1n) is 8.85. The normalized spacial score (nSPS) is 11.3. The van der Waals surface area contributed by atoms with Crippen LogP contribution in [0.1, 0.15) is 35.0 Å². The van der Waals surface area contributed by atoms with Crippen LogP contribution in [0.2, 0.25) is 0 Å². The molecule has 0 spiro atoms. The predicted octanol–water partition coefficient (Wildman–Crippen LogP) is 5.33. The van der Waals surface area contributed by atoms with Gasteiger partial charge < -0.3 is 4.57 Å². The highest BCUT2D eigenvalue weighted by molar-refractivity contribution is 5.89. The molecule has 0 amide bonds. The van der Waals surface area contributed by atoms with Gasteiger partial charge in [-0.15, -0.1) is 12.4 Å². The average Bonchev–Trinajstić information content (AvgIpc) is 3.09. The maximum Gasteiger partial charge on any atom is 0.165 e. The molecule has 0 aliphatic carbocycles. The number of aromatic nitrogens is 4. The summed E-state index contributed by atoms with van der Waals surface area (Å²) < 4.78 is 4.26. The standard InChI is InChI=1S/C21H24N4.ClH/c1-7-24-9-8-17-15(5)22-20-19(16(6)23-25(20)21(17)24)18-13(3)10-12(2)11-14(18)4;/h8-11H,7H2,1-6H3;1H. The predicted molar refractivity (Wildman–Crippen MR) is 111 cm³/mol. The topological polar surface area (TPSA) is 35.1 Å². The lowest BCUT2D eigenvalue weighted by molar-refractivity contribution is 0.765. The molecule has 0 aliphatic heterocycles. The Kier molecular flexibility index (Phi) is 4.57. The van der Waals surface area contributed by atoms with Gasteiger partial charge in [0.05, 0.1) is 17.0 Å². The van der Waals surface area contributed by atoms with Gasteiger partial charge in [-0.1, -0.05) is 17.7 Å². The van der Waals surface area contributed by atoms with Gasteiger partial charge in [-0.25, -0.2) is 4.98 Å². The average molecular weight is 369 g/mol. The fraction of sp³-hybridized carbons (Fsp3) is 0.333. The first kappa shape index (κ1) is 18.5. The summed E-state index contributed by atoms with van der Waals surface area (Å²) in [6, 6.07) is 6.62. The summed E-state index contributed by atoms with van der Waals surface area (Å²) in [4.78, 5) is 4.94. The summed E-state index contributed by atoms with van der Waals surface area (Å²) in [6.07, 6.45) is 2.12. The van der Waals surface area contributed by atoms with Gasteiger partial charge in [0.25, 0.3) is 0 Å². The van der Waals surface area contributed by atoms with Crippen molar-refractivity contribution in [3.05, 3.63) is 52.5 Å². The third kappa shape index (κ3) is 2.52. The molecule has 3 aromatic heterocycles. The third-order valence-corrected chi connectivity index (χ3v) is 5.10. The van der Waals surface area contributed by atoms with Gasteiger partial charge in [0.1, 0.15) is 5.65 Å². The third-order valence-electron chi connectivity index (χ3n) is 5.10. The summed E-state index contributed by atoms with van der Waals surface area (Å²) in [7, 11) is 0. The second kappa shape index (κ2) is 6.44. The summed E-state index contributed by atoms with van der Waals surface area (Å²) >= 11 is 0. The Morgan fingerprint density at radius 2 is 1.58 bits per heavy atom. The van der Waals surface area contributed by atoms with Crippen LogP contribution in [0.25, 0.3) is 27.8 Å². The maximum absolute atomic E-state index is 4.94. The zero-order valence-corrected chi connectivity index (χ0v) is 17.0. The van der Waals surface area contributed by atoms with Crippen LogP contribution >= 0.6 is 12.4 Å². The largest absolute Gasteiger partial charge is 0.333 e. The molecule has 4 aromatic rings. The summed E-state index contributed by atoms with van der Waals surface area (Å²) in [5.41, 5.74) is 10.4. The highest BCUT2D eigenvalue weighted by Gasteiger charge is 2.20. The molecule has 0 atom stereocenters. The van der Waals surface area contributed by atoms with Crippen LogP contribution < -0.4 is 0 Å². The molecule has 0 fully saturated rings. The Labute approximate surface area is 160 Å². The lowest BCUT2D eigenvalue weighted by atomic mass is 9.94. The van der Waals surface area contributed by atoms with E-state index in [0.29, 0.717) is 0 Å². The molecule has 0 aliphatic rings.